The van der Waals surface area contributed by atoms with Crippen molar-refractivity contribution in [1.29, 1.82) is 0 Å². The van der Waals surface area contributed by atoms with E-state index in [0.717, 1.165) is 33.8 Å². The zero-order chi connectivity index (χ0) is 19.2. The molecule has 1 heterocycles. The minimum Gasteiger partial charge on any atom is -0.496 e. The first-order chi connectivity index (χ1) is 13.1. The number of nitrogens with one attached hydrogen (secondary N) is 2. The van der Waals surface area contributed by atoms with Crippen LogP contribution in [0.15, 0.2) is 60.8 Å². The van der Waals surface area contributed by atoms with E-state index < -0.39 is 0 Å². The molecule has 1 amide bonds. The third kappa shape index (κ3) is 4.44. The van der Waals surface area contributed by atoms with Gasteiger partial charge in [0.25, 0.3) is 5.91 Å². The first-order valence-corrected chi connectivity index (χ1v) is 8.78. The highest BCUT2D eigenvalue weighted by Gasteiger charge is 2.11. The van der Waals surface area contributed by atoms with E-state index in [0.29, 0.717) is 12.2 Å². The van der Waals surface area contributed by atoms with Gasteiger partial charge in [0.2, 0.25) is 0 Å². The van der Waals surface area contributed by atoms with Crippen molar-refractivity contribution < 1.29 is 9.53 Å². The van der Waals surface area contributed by atoms with E-state index in [-0.39, 0.29) is 5.91 Å². The Kier molecular flexibility index (Phi) is 5.71. The van der Waals surface area contributed by atoms with Crippen molar-refractivity contribution in [2.24, 2.45) is 0 Å². The number of nitrogens with zero attached hydrogens (tertiary/aromatic N) is 1. The van der Waals surface area contributed by atoms with E-state index in [1.807, 2.05) is 62.4 Å². The van der Waals surface area contributed by atoms with Gasteiger partial charge in [-0.3, -0.25) is 9.78 Å². The highest BCUT2D eigenvalue weighted by molar-refractivity contribution is 6.04. The first kappa shape index (κ1) is 18.5. The maximum atomic E-state index is 12.6. The molecule has 0 unspecified atom stereocenters. The van der Waals surface area contributed by atoms with Gasteiger partial charge < -0.3 is 15.4 Å². The Bertz CT molecular complexity index is 934. The van der Waals surface area contributed by atoms with Crippen LogP contribution in [0.25, 0.3) is 0 Å². The van der Waals surface area contributed by atoms with Crippen molar-refractivity contribution in [3.63, 3.8) is 0 Å². The molecule has 3 rings (SSSR count). The maximum absolute atomic E-state index is 12.6. The fraction of sp³-hybridized carbons (Fsp3) is 0.182. The average Bonchev–Trinajstić information content (AvgIpc) is 2.69. The van der Waals surface area contributed by atoms with Crippen molar-refractivity contribution in [3.8, 4) is 5.75 Å². The van der Waals surface area contributed by atoms with Crippen LogP contribution in [-0.4, -0.2) is 18.0 Å². The second kappa shape index (κ2) is 8.36. The van der Waals surface area contributed by atoms with Gasteiger partial charge in [0.05, 0.1) is 7.11 Å². The number of aromatic nitrogens is 1. The number of aryl methyl sites for hydroxylation is 2. The summed E-state index contributed by atoms with van der Waals surface area (Å²) >= 11 is 0. The Morgan fingerprint density at radius 2 is 1.78 bits per heavy atom. The molecule has 0 aliphatic rings. The molecule has 3 aromatic rings. The molecule has 0 bridgehead atoms. The Labute approximate surface area is 159 Å². The highest BCUT2D eigenvalue weighted by atomic mass is 16.5. The van der Waals surface area contributed by atoms with Crippen LogP contribution in [0.4, 0.5) is 11.4 Å². The van der Waals surface area contributed by atoms with Gasteiger partial charge in [-0.25, -0.2) is 0 Å². The van der Waals surface area contributed by atoms with Crippen LogP contribution in [0.5, 0.6) is 5.75 Å². The van der Waals surface area contributed by atoms with Gasteiger partial charge in [0, 0.05) is 29.7 Å². The quantitative estimate of drug-likeness (QED) is 0.675. The normalized spacial score (nSPS) is 10.3. The van der Waals surface area contributed by atoms with Crippen LogP contribution < -0.4 is 15.4 Å². The van der Waals surface area contributed by atoms with Crippen LogP contribution in [0.3, 0.4) is 0 Å². The lowest BCUT2D eigenvalue weighted by atomic mass is 10.1. The number of ether oxygens (including phenoxy) is 1. The second-order valence-electron chi connectivity index (χ2n) is 6.32. The van der Waals surface area contributed by atoms with Crippen LogP contribution in [0.2, 0.25) is 0 Å². The average molecular weight is 361 g/mol. The van der Waals surface area contributed by atoms with Gasteiger partial charge >= 0.3 is 0 Å². The molecule has 0 radical (unpaired) electrons. The summed E-state index contributed by atoms with van der Waals surface area (Å²) in [5, 5.41) is 6.28. The molecule has 5 heteroatoms. The Morgan fingerprint density at radius 1 is 1.04 bits per heavy atom. The number of methoxy groups -OCH3 is 1. The van der Waals surface area contributed by atoms with Gasteiger partial charge in [0.1, 0.15) is 11.4 Å². The van der Waals surface area contributed by atoms with Crippen molar-refractivity contribution in [2.45, 2.75) is 20.4 Å². The molecule has 0 atom stereocenters. The van der Waals surface area contributed by atoms with E-state index in [1.165, 1.54) is 0 Å². The number of pyridine rings is 1. The number of amides is 1. The van der Waals surface area contributed by atoms with Crippen molar-refractivity contribution >= 4 is 17.3 Å². The van der Waals surface area contributed by atoms with Gasteiger partial charge in [-0.05, 0) is 43.2 Å². The number of hydrogen-bond donors (Lipinski definition) is 2. The maximum Gasteiger partial charge on any atom is 0.274 e. The van der Waals surface area contributed by atoms with Crippen molar-refractivity contribution in [1.82, 2.24) is 4.98 Å². The van der Waals surface area contributed by atoms with Crippen molar-refractivity contribution in [2.75, 3.05) is 17.7 Å². The summed E-state index contributed by atoms with van der Waals surface area (Å²) in [5.41, 5.74) is 5.10. The van der Waals surface area contributed by atoms with Gasteiger partial charge in [-0.1, -0.05) is 36.4 Å². The minimum absolute atomic E-state index is 0.228. The molecule has 2 N–H and O–H groups in total. The molecule has 1 aromatic heterocycles. The first-order valence-electron chi connectivity index (χ1n) is 8.78. The lowest BCUT2D eigenvalue weighted by Crippen LogP contribution is -2.15. The number of anilines is 2. The summed E-state index contributed by atoms with van der Waals surface area (Å²) in [6.45, 7) is 4.54. The van der Waals surface area contributed by atoms with E-state index in [2.05, 4.69) is 15.6 Å². The summed E-state index contributed by atoms with van der Waals surface area (Å²) < 4.78 is 5.37. The molecule has 0 saturated carbocycles. The fourth-order valence-electron chi connectivity index (χ4n) is 2.90. The van der Waals surface area contributed by atoms with Crippen LogP contribution >= 0.6 is 0 Å². The van der Waals surface area contributed by atoms with Crippen LogP contribution in [-0.2, 0) is 6.54 Å². The summed E-state index contributed by atoms with van der Waals surface area (Å²) in [4.78, 5) is 16.8. The second-order valence-corrected chi connectivity index (χ2v) is 6.32. The number of para-hydroxylation sites is 2. The highest BCUT2D eigenvalue weighted by Crippen LogP contribution is 2.21. The zero-order valence-corrected chi connectivity index (χ0v) is 15.7. The monoisotopic (exact) mass is 361 g/mol. The number of hydrogen-bond acceptors (Lipinski definition) is 4. The lowest BCUT2D eigenvalue weighted by molar-refractivity contribution is 0.102. The third-order valence-electron chi connectivity index (χ3n) is 4.39. The summed E-state index contributed by atoms with van der Waals surface area (Å²) in [5.74, 6) is 0.598. The third-order valence-corrected chi connectivity index (χ3v) is 4.39. The molecule has 5 nitrogen and oxygen atoms in total. The topological polar surface area (TPSA) is 63.2 Å². The molecule has 0 spiro atoms. The van der Waals surface area contributed by atoms with Gasteiger partial charge in [0.15, 0.2) is 0 Å². The van der Waals surface area contributed by atoms with E-state index in [9.17, 15) is 4.79 Å². The largest absolute Gasteiger partial charge is 0.496 e. The number of carbonyl (C=O) groups is 1. The molecule has 0 aliphatic heterocycles. The Balaban J connectivity index is 1.72. The molecule has 0 saturated heterocycles. The van der Waals surface area contributed by atoms with E-state index in [1.54, 1.807) is 19.4 Å². The smallest absolute Gasteiger partial charge is 0.274 e. The molecular formula is C22H23N3O2. The summed E-state index contributed by atoms with van der Waals surface area (Å²) in [7, 11) is 1.65. The number of benzene rings is 2. The van der Waals surface area contributed by atoms with Gasteiger partial charge in [-0.2, -0.15) is 0 Å². The fourth-order valence-corrected chi connectivity index (χ4v) is 2.90. The van der Waals surface area contributed by atoms with Crippen molar-refractivity contribution in [3.05, 3.63) is 83.2 Å². The molecule has 138 valence electrons. The predicted octanol–water partition coefficient (Wildman–Crippen LogP) is 4.57. The molecule has 0 fully saturated rings. The van der Waals surface area contributed by atoms with E-state index >= 15 is 0 Å². The Morgan fingerprint density at radius 3 is 2.52 bits per heavy atom. The number of carbonyl (C=O) groups excluding carboxylic acids is 1. The summed E-state index contributed by atoms with van der Waals surface area (Å²) in [6.07, 6.45) is 1.63. The molecule has 0 aliphatic carbocycles. The lowest BCUT2D eigenvalue weighted by Gasteiger charge is -2.13. The minimum atomic E-state index is -0.228. The summed E-state index contributed by atoms with van der Waals surface area (Å²) in [6, 6.07) is 17.3. The van der Waals surface area contributed by atoms with Crippen LogP contribution in [0, 0.1) is 13.8 Å². The Hall–Kier alpha value is -3.34. The predicted molar refractivity (Wildman–Crippen MR) is 108 cm³/mol. The standard InChI is InChI=1S/C22H23N3O2/c1-15-7-6-8-16(2)21(15)25-22(26)19-13-18(11-12-23-19)24-14-17-9-4-5-10-20(17)27-3/h4-13H,14H2,1-3H3,(H,23,24)(H,25,26). The molecule has 27 heavy (non-hydrogen) atoms. The molecule has 2 aromatic carbocycles. The van der Waals surface area contributed by atoms with E-state index in [4.69, 9.17) is 4.74 Å². The van der Waals surface area contributed by atoms with Gasteiger partial charge in [-0.15, -0.1) is 0 Å². The number of rotatable bonds is 6. The van der Waals surface area contributed by atoms with Crippen LogP contribution in [0.1, 0.15) is 27.2 Å². The zero-order valence-electron chi connectivity index (χ0n) is 15.7. The SMILES string of the molecule is COc1ccccc1CNc1ccnc(C(=O)Nc2c(C)cccc2C)c1. The molecular weight excluding hydrogens is 338 g/mol.